The first-order valence-electron chi connectivity index (χ1n) is 6.34. The SMILES string of the molecule is O=C1CCCCCC[C@@]1(O)[C@@H](O)[C@H](O)[C@H](O)CO. The van der Waals surface area contributed by atoms with E-state index in [0.717, 1.165) is 12.8 Å². The molecule has 0 amide bonds. The molecule has 18 heavy (non-hydrogen) atoms. The third-order valence-electron chi connectivity index (χ3n) is 3.59. The van der Waals surface area contributed by atoms with Crippen molar-refractivity contribution in [1.29, 1.82) is 0 Å². The highest BCUT2D eigenvalue weighted by Crippen LogP contribution is 2.28. The van der Waals surface area contributed by atoms with Gasteiger partial charge in [0, 0.05) is 6.42 Å². The summed E-state index contributed by atoms with van der Waals surface area (Å²) in [5.41, 5.74) is -2.03. The Morgan fingerprint density at radius 1 is 1.11 bits per heavy atom. The zero-order valence-corrected chi connectivity index (χ0v) is 10.3. The monoisotopic (exact) mass is 262 g/mol. The maximum Gasteiger partial charge on any atom is 0.167 e. The molecule has 1 aliphatic carbocycles. The number of hydrogen-bond acceptors (Lipinski definition) is 6. The van der Waals surface area contributed by atoms with E-state index < -0.39 is 36.3 Å². The number of rotatable bonds is 4. The average molecular weight is 262 g/mol. The van der Waals surface area contributed by atoms with Crippen molar-refractivity contribution in [3.63, 3.8) is 0 Å². The molecular formula is C12H22O6. The van der Waals surface area contributed by atoms with E-state index in [-0.39, 0.29) is 12.8 Å². The van der Waals surface area contributed by atoms with Crippen LogP contribution in [0.1, 0.15) is 38.5 Å². The van der Waals surface area contributed by atoms with E-state index in [1.165, 1.54) is 0 Å². The van der Waals surface area contributed by atoms with E-state index in [2.05, 4.69) is 0 Å². The van der Waals surface area contributed by atoms with E-state index in [1.54, 1.807) is 0 Å². The minimum absolute atomic E-state index is 0.0577. The summed E-state index contributed by atoms with van der Waals surface area (Å²) in [5, 5.41) is 47.8. The molecule has 1 aliphatic rings. The van der Waals surface area contributed by atoms with E-state index in [1.807, 2.05) is 0 Å². The fourth-order valence-corrected chi connectivity index (χ4v) is 2.30. The summed E-state index contributed by atoms with van der Waals surface area (Å²) in [7, 11) is 0. The molecule has 1 fully saturated rings. The summed E-state index contributed by atoms with van der Waals surface area (Å²) in [6.45, 7) is -0.748. The maximum absolute atomic E-state index is 11.9. The van der Waals surface area contributed by atoms with Crippen LogP contribution in [0.5, 0.6) is 0 Å². The molecule has 0 aromatic carbocycles. The smallest absolute Gasteiger partial charge is 0.167 e. The second-order valence-corrected chi connectivity index (χ2v) is 4.95. The molecule has 0 unspecified atom stereocenters. The van der Waals surface area contributed by atoms with Gasteiger partial charge in [0.15, 0.2) is 11.4 Å². The molecule has 1 saturated carbocycles. The summed E-state index contributed by atoms with van der Waals surface area (Å²) in [6, 6.07) is 0. The van der Waals surface area contributed by atoms with Crippen LogP contribution in [0.2, 0.25) is 0 Å². The highest BCUT2D eigenvalue weighted by Gasteiger charge is 2.47. The molecule has 0 bridgehead atoms. The minimum atomic E-state index is -2.03. The summed E-state index contributed by atoms with van der Waals surface area (Å²) in [4.78, 5) is 11.9. The van der Waals surface area contributed by atoms with Crippen LogP contribution >= 0.6 is 0 Å². The predicted molar refractivity (Wildman–Crippen MR) is 62.8 cm³/mol. The molecule has 0 spiro atoms. The Morgan fingerprint density at radius 2 is 1.72 bits per heavy atom. The van der Waals surface area contributed by atoms with Gasteiger partial charge in [-0.25, -0.2) is 0 Å². The first kappa shape index (κ1) is 15.5. The molecule has 0 aromatic rings. The third kappa shape index (κ3) is 3.27. The molecule has 1 rings (SSSR count). The van der Waals surface area contributed by atoms with Crippen molar-refractivity contribution in [3.05, 3.63) is 0 Å². The quantitative estimate of drug-likeness (QED) is 0.430. The second kappa shape index (κ2) is 6.58. The number of ketones is 1. The zero-order valence-electron chi connectivity index (χ0n) is 10.3. The second-order valence-electron chi connectivity index (χ2n) is 4.95. The van der Waals surface area contributed by atoms with Gasteiger partial charge < -0.3 is 25.5 Å². The fraction of sp³-hybridized carbons (Fsp3) is 0.917. The van der Waals surface area contributed by atoms with Crippen LogP contribution in [0.3, 0.4) is 0 Å². The predicted octanol–water partition coefficient (Wildman–Crippen LogP) is -1.28. The Hall–Kier alpha value is -0.530. The largest absolute Gasteiger partial charge is 0.394 e. The normalized spacial score (nSPS) is 31.3. The van der Waals surface area contributed by atoms with Gasteiger partial charge in [0.2, 0.25) is 0 Å². The first-order valence-corrected chi connectivity index (χ1v) is 6.34. The fourth-order valence-electron chi connectivity index (χ4n) is 2.30. The lowest BCUT2D eigenvalue weighted by atomic mass is 9.79. The summed E-state index contributed by atoms with van der Waals surface area (Å²) >= 11 is 0. The number of carbonyl (C=O) groups excluding carboxylic acids is 1. The van der Waals surface area contributed by atoms with Gasteiger partial charge in [0.25, 0.3) is 0 Å². The lowest BCUT2D eigenvalue weighted by molar-refractivity contribution is -0.177. The molecule has 0 aliphatic heterocycles. The Labute approximate surface area is 106 Å². The molecule has 6 nitrogen and oxygen atoms in total. The van der Waals surface area contributed by atoms with E-state index in [4.69, 9.17) is 5.11 Å². The summed E-state index contributed by atoms with van der Waals surface area (Å²) in [5.74, 6) is -0.515. The van der Waals surface area contributed by atoms with Gasteiger partial charge >= 0.3 is 0 Å². The van der Waals surface area contributed by atoms with Crippen molar-refractivity contribution in [1.82, 2.24) is 0 Å². The van der Waals surface area contributed by atoms with Crippen LogP contribution in [0.15, 0.2) is 0 Å². The van der Waals surface area contributed by atoms with Crippen LogP contribution in [-0.2, 0) is 4.79 Å². The average Bonchev–Trinajstić information content (AvgIpc) is 2.37. The first-order chi connectivity index (χ1) is 8.43. The van der Waals surface area contributed by atoms with Gasteiger partial charge in [-0.2, -0.15) is 0 Å². The highest BCUT2D eigenvalue weighted by atomic mass is 16.4. The van der Waals surface area contributed by atoms with Crippen LogP contribution < -0.4 is 0 Å². The van der Waals surface area contributed by atoms with Gasteiger partial charge in [-0.05, 0) is 12.8 Å². The van der Waals surface area contributed by atoms with E-state index in [9.17, 15) is 25.2 Å². The van der Waals surface area contributed by atoms with E-state index >= 15 is 0 Å². The molecule has 0 saturated heterocycles. The Bertz CT molecular complexity index is 282. The van der Waals surface area contributed by atoms with Crippen molar-refractivity contribution < 1.29 is 30.3 Å². The maximum atomic E-state index is 11.9. The van der Waals surface area contributed by atoms with Crippen LogP contribution in [0.25, 0.3) is 0 Å². The number of carbonyl (C=O) groups is 1. The molecule has 0 aromatic heterocycles. The molecule has 0 heterocycles. The number of aliphatic hydroxyl groups is 5. The Balaban J connectivity index is 2.82. The molecular weight excluding hydrogens is 240 g/mol. The number of hydrogen-bond donors (Lipinski definition) is 5. The van der Waals surface area contributed by atoms with Crippen molar-refractivity contribution in [2.75, 3.05) is 6.61 Å². The summed E-state index contributed by atoms with van der Waals surface area (Å²) < 4.78 is 0. The van der Waals surface area contributed by atoms with Crippen LogP contribution in [0, 0.1) is 0 Å². The van der Waals surface area contributed by atoms with Gasteiger partial charge in [0.1, 0.15) is 18.3 Å². The van der Waals surface area contributed by atoms with E-state index in [0.29, 0.717) is 12.8 Å². The van der Waals surface area contributed by atoms with Gasteiger partial charge in [-0.3, -0.25) is 4.79 Å². The van der Waals surface area contributed by atoms with Crippen LogP contribution in [0.4, 0.5) is 0 Å². The molecule has 4 atom stereocenters. The molecule has 106 valence electrons. The number of Topliss-reactive ketones (excluding diaryl/α,β-unsaturated/α-hetero) is 1. The van der Waals surface area contributed by atoms with Crippen molar-refractivity contribution in [2.45, 2.75) is 62.4 Å². The standard InChI is InChI=1S/C12H22O6/c13-7-8(14)10(16)11(17)12(18)6-4-2-1-3-5-9(12)15/h8,10-11,13-14,16-18H,1-7H2/t8-,10-,11+,12+/m1/s1. The molecule has 5 N–H and O–H groups in total. The van der Waals surface area contributed by atoms with Crippen molar-refractivity contribution in [2.24, 2.45) is 0 Å². The third-order valence-corrected chi connectivity index (χ3v) is 3.59. The Kier molecular flexibility index (Phi) is 5.68. The van der Waals surface area contributed by atoms with Crippen LogP contribution in [-0.4, -0.2) is 61.8 Å². The van der Waals surface area contributed by atoms with Gasteiger partial charge in [-0.1, -0.05) is 19.3 Å². The lowest BCUT2D eigenvalue weighted by Gasteiger charge is -2.36. The lowest BCUT2D eigenvalue weighted by Crippen LogP contribution is -2.58. The molecule has 6 heteroatoms. The van der Waals surface area contributed by atoms with Crippen molar-refractivity contribution >= 4 is 5.78 Å². The Morgan fingerprint density at radius 3 is 2.33 bits per heavy atom. The van der Waals surface area contributed by atoms with Crippen molar-refractivity contribution in [3.8, 4) is 0 Å². The molecule has 0 radical (unpaired) electrons. The topological polar surface area (TPSA) is 118 Å². The van der Waals surface area contributed by atoms with Gasteiger partial charge in [-0.15, -0.1) is 0 Å². The van der Waals surface area contributed by atoms with Gasteiger partial charge in [0.05, 0.1) is 6.61 Å². The number of aliphatic hydroxyl groups excluding tert-OH is 4. The minimum Gasteiger partial charge on any atom is -0.394 e. The summed E-state index contributed by atoms with van der Waals surface area (Å²) in [6.07, 6.45) is -1.94. The zero-order chi connectivity index (χ0) is 13.8. The highest BCUT2D eigenvalue weighted by molar-refractivity contribution is 5.87.